The van der Waals surface area contributed by atoms with Crippen LogP contribution < -0.4 is 4.72 Å². The second-order valence-electron chi connectivity index (χ2n) is 4.96. The van der Waals surface area contributed by atoms with E-state index in [1.54, 1.807) is 6.07 Å². The van der Waals surface area contributed by atoms with Crippen LogP contribution in [0.3, 0.4) is 0 Å². The second-order valence-corrected chi connectivity index (χ2v) is 9.24. The van der Waals surface area contributed by atoms with Crippen molar-refractivity contribution in [1.82, 2.24) is 4.72 Å². The van der Waals surface area contributed by atoms with E-state index in [1.807, 2.05) is 13.0 Å². The number of rotatable bonds is 4. The maximum Gasteiger partial charge on any atom is 0.250 e. The lowest BCUT2D eigenvalue weighted by molar-refractivity contribution is 0.522. The van der Waals surface area contributed by atoms with Gasteiger partial charge in [0.1, 0.15) is 4.21 Å². The van der Waals surface area contributed by atoms with Crippen LogP contribution in [-0.4, -0.2) is 19.3 Å². The highest BCUT2D eigenvalue weighted by Gasteiger charge is 2.27. The SMILES string of the molecule is CCc1ccc(S(=O)(=O)NC2CCCCCC2Br)s1. The standard InChI is InChI=1S/C13H20BrNO2S2/c1-2-10-8-9-13(18-10)19(16,17)15-12-7-5-3-4-6-11(12)14/h8-9,11-12,15H,2-7H2,1H3. The van der Waals surface area contributed by atoms with Gasteiger partial charge in [0.25, 0.3) is 0 Å². The average Bonchev–Trinajstić information content (AvgIpc) is 2.78. The Balaban J connectivity index is 2.11. The van der Waals surface area contributed by atoms with Crippen LogP contribution in [-0.2, 0) is 16.4 Å². The molecule has 1 saturated carbocycles. The first-order valence-electron chi connectivity index (χ1n) is 6.78. The van der Waals surface area contributed by atoms with Crippen molar-refractivity contribution in [3.8, 4) is 0 Å². The van der Waals surface area contributed by atoms with Gasteiger partial charge in [0.2, 0.25) is 10.0 Å². The fourth-order valence-corrected chi connectivity index (χ4v) is 5.86. The van der Waals surface area contributed by atoms with Crippen LogP contribution in [0.5, 0.6) is 0 Å². The highest BCUT2D eigenvalue weighted by molar-refractivity contribution is 9.09. The smallest absolute Gasteiger partial charge is 0.206 e. The van der Waals surface area contributed by atoms with E-state index < -0.39 is 10.0 Å². The first kappa shape index (κ1) is 15.5. The van der Waals surface area contributed by atoms with Crippen LogP contribution in [0.2, 0.25) is 0 Å². The third-order valence-electron chi connectivity index (χ3n) is 3.49. The van der Waals surface area contributed by atoms with E-state index in [9.17, 15) is 8.42 Å². The summed E-state index contributed by atoms with van der Waals surface area (Å²) in [6.07, 6.45) is 6.30. The van der Waals surface area contributed by atoms with Crippen molar-refractivity contribution >= 4 is 37.3 Å². The fourth-order valence-electron chi connectivity index (χ4n) is 2.35. The molecule has 0 amide bonds. The molecule has 0 bridgehead atoms. The third kappa shape index (κ3) is 4.03. The maximum absolute atomic E-state index is 12.4. The zero-order valence-corrected chi connectivity index (χ0v) is 14.3. The molecular formula is C13H20BrNO2S2. The van der Waals surface area contributed by atoms with Gasteiger partial charge in [-0.2, -0.15) is 0 Å². The lowest BCUT2D eigenvalue weighted by Crippen LogP contribution is -2.39. The van der Waals surface area contributed by atoms with Crippen molar-refractivity contribution in [1.29, 1.82) is 0 Å². The summed E-state index contributed by atoms with van der Waals surface area (Å²) in [5.41, 5.74) is 0. The molecule has 3 nitrogen and oxygen atoms in total. The number of alkyl halides is 1. The van der Waals surface area contributed by atoms with Gasteiger partial charge < -0.3 is 0 Å². The maximum atomic E-state index is 12.4. The summed E-state index contributed by atoms with van der Waals surface area (Å²) < 4.78 is 28.0. The van der Waals surface area contributed by atoms with Crippen LogP contribution in [0.1, 0.15) is 43.9 Å². The van der Waals surface area contributed by atoms with Crippen LogP contribution in [0, 0.1) is 0 Å². The Kier molecular flexibility index (Phi) is 5.45. The average molecular weight is 366 g/mol. The molecule has 19 heavy (non-hydrogen) atoms. The van der Waals surface area contributed by atoms with Gasteiger partial charge >= 0.3 is 0 Å². The number of sulfonamides is 1. The lowest BCUT2D eigenvalue weighted by Gasteiger charge is -2.20. The third-order valence-corrected chi connectivity index (χ3v) is 7.80. The highest BCUT2D eigenvalue weighted by atomic mass is 79.9. The highest BCUT2D eigenvalue weighted by Crippen LogP contribution is 2.27. The number of nitrogens with one attached hydrogen (secondary N) is 1. The minimum absolute atomic E-state index is 0.0136. The van der Waals surface area contributed by atoms with Gasteiger partial charge in [-0.15, -0.1) is 11.3 Å². The summed E-state index contributed by atoms with van der Waals surface area (Å²) in [5.74, 6) is 0. The van der Waals surface area contributed by atoms with E-state index in [2.05, 4.69) is 20.7 Å². The summed E-state index contributed by atoms with van der Waals surface area (Å²) in [4.78, 5) is 1.35. The molecule has 1 heterocycles. The van der Waals surface area contributed by atoms with E-state index in [0.717, 1.165) is 30.6 Å². The first-order valence-corrected chi connectivity index (χ1v) is 9.99. The topological polar surface area (TPSA) is 46.2 Å². The summed E-state index contributed by atoms with van der Waals surface area (Å²) >= 11 is 4.99. The number of aryl methyl sites for hydroxylation is 1. The molecule has 0 radical (unpaired) electrons. The van der Waals surface area contributed by atoms with Crippen molar-refractivity contribution in [3.63, 3.8) is 0 Å². The van der Waals surface area contributed by atoms with Gasteiger partial charge in [0, 0.05) is 15.7 Å². The molecule has 1 aliphatic carbocycles. The summed E-state index contributed by atoms with van der Waals surface area (Å²) in [6, 6.07) is 3.63. The summed E-state index contributed by atoms with van der Waals surface area (Å²) in [5, 5.41) is 0. The number of hydrogen-bond acceptors (Lipinski definition) is 3. The van der Waals surface area contributed by atoms with Crippen molar-refractivity contribution in [2.75, 3.05) is 0 Å². The Morgan fingerprint density at radius 2 is 2.05 bits per heavy atom. The van der Waals surface area contributed by atoms with Crippen molar-refractivity contribution in [2.45, 2.75) is 60.5 Å². The van der Waals surface area contributed by atoms with E-state index in [0.29, 0.717) is 4.21 Å². The molecule has 1 aliphatic rings. The number of hydrogen-bond donors (Lipinski definition) is 1. The molecule has 0 saturated heterocycles. The molecule has 108 valence electrons. The molecule has 0 spiro atoms. The predicted molar refractivity (Wildman–Crippen MR) is 83.6 cm³/mol. The van der Waals surface area contributed by atoms with E-state index in [1.165, 1.54) is 24.2 Å². The molecule has 1 N–H and O–H groups in total. The normalized spacial score (nSPS) is 25.2. The quantitative estimate of drug-likeness (QED) is 0.653. The molecule has 0 aromatic carbocycles. The van der Waals surface area contributed by atoms with Crippen LogP contribution in [0.15, 0.2) is 16.3 Å². The fraction of sp³-hybridized carbons (Fsp3) is 0.692. The Morgan fingerprint density at radius 1 is 1.32 bits per heavy atom. The van der Waals surface area contributed by atoms with Crippen LogP contribution in [0.25, 0.3) is 0 Å². The lowest BCUT2D eigenvalue weighted by atomic mass is 10.1. The Labute approximate surface area is 128 Å². The van der Waals surface area contributed by atoms with E-state index in [4.69, 9.17) is 0 Å². The summed E-state index contributed by atoms with van der Waals surface area (Å²) in [6.45, 7) is 2.04. The zero-order chi connectivity index (χ0) is 13.9. The molecule has 2 atom stereocenters. The van der Waals surface area contributed by atoms with E-state index in [-0.39, 0.29) is 10.9 Å². The van der Waals surface area contributed by atoms with Crippen molar-refractivity contribution in [3.05, 3.63) is 17.0 Å². The van der Waals surface area contributed by atoms with Crippen molar-refractivity contribution in [2.24, 2.45) is 0 Å². The van der Waals surface area contributed by atoms with Crippen molar-refractivity contribution < 1.29 is 8.42 Å². The van der Waals surface area contributed by atoms with Crippen LogP contribution in [0.4, 0.5) is 0 Å². The first-order chi connectivity index (χ1) is 9.03. The molecule has 1 aromatic rings. The van der Waals surface area contributed by atoms with E-state index >= 15 is 0 Å². The van der Waals surface area contributed by atoms with Gasteiger partial charge in [0.15, 0.2) is 0 Å². The van der Waals surface area contributed by atoms with Gasteiger partial charge in [-0.05, 0) is 31.4 Å². The molecule has 1 aromatic heterocycles. The van der Waals surface area contributed by atoms with Crippen LogP contribution >= 0.6 is 27.3 Å². The summed E-state index contributed by atoms with van der Waals surface area (Å²) in [7, 11) is -3.36. The minimum atomic E-state index is -3.36. The number of thiophene rings is 1. The Morgan fingerprint density at radius 3 is 2.74 bits per heavy atom. The molecule has 1 fully saturated rings. The van der Waals surface area contributed by atoms with Gasteiger partial charge in [-0.3, -0.25) is 0 Å². The van der Waals surface area contributed by atoms with Gasteiger partial charge in [-0.1, -0.05) is 42.1 Å². The molecular weight excluding hydrogens is 346 g/mol. The minimum Gasteiger partial charge on any atom is -0.206 e. The number of halogens is 1. The van der Waals surface area contributed by atoms with Gasteiger partial charge in [-0.25, -0.2) is 13.1 Å². The second kappa shape index (κ2) is 6.70. The predicted octanol–water partition coefficient (Wildman–Crippen LogP) is 3.69. The zero-order valence-electron chi connectivity index (χ0n) is 11.1. The molecule has 6 heteroatoms. The monoisotopic (exact) mass is 365 g/mol. The van der Waals surface area contributed by atoms with Gasteiger partial charge in [0.05, 0.1) is 0 Å². The largest absolute Gasteiger partial charge is 0.250 e. The molecule has 0 aliphatic heterocycles. The Hall–Kier alpha value is 0.0900. The molecule has 2 rings (SSSR count). The molecule has 2 unspecified atom stereocenters. The Bertz CT molecular complexity index is 512.